The number of aliphatic carboxylic acids is 1. The van der Waals surface area contributed by atoms with Crippen LogP contribution in [-0.2, 0) is 25.6 Å². The summed E-state index contributed by atoms with van der Waals surface area (Å²) in [5, 5.41) is 34.8. The zero-order valence-electron chi connectivity index (χ0n) is 15.4. The molecule has 0 saturated carbocycles. The molecule has 0 fully saturated rings. The van der Waals surface area contributed by atoms with E-state index in [0.29, 0.717) is 5.56 Å². The number of carbonyl (C=O) groups excluding carboxylic acids is 3. The predicted molar refractivity (Wildman–Crippen MR) is 105 cm³/mol. The second-order valence-corrected chi connectivity index (χ2v) is 6.39. The first-order valence-corrected chi connectivity index (χ1v) is 9.17. The highest BCUT2D eigenvalue weighted by Crippen LogP contribution is 2.11. The molecule has 0 bridgehead atoms. The highest BCUT2D eigenvalue weighted by Gasteiger charge is 2.28. The molecule has 0 spiro atoms. The van der Waals surface area contributed by atoms with E-state index in [0.717, 1.165) is 0 Å². The van der Waals surface area contributed by atoms with E-state index in [4.69, 9.17) is 5.73 Å². The average Bonchev–Trinajstić information content (AvgIpc) is 2.70. The second kappa shape index (κ2) is 11.9. The molecule has 3 atom stereocenters. The van der Waals surface area contributed by atoms with Crippen molar-refractivity contribution >= 4 is 36.3 Å². The van der Waals surface area contributed by atoms with E-state index in [1.165, 1.54) is 24.3 Å². The molecule has 0 saturated heterocycles. The first-order valence-electron chi connectivity index (χ1n) is 8.54. The van der Waals surface area contributed by atoms with Gasteiger partial charge >= 0.3 is 5.97 Å². The summed E-state index contributed by atoms with van der Waals surface area (Å²) in [6.07, 6.45) is -0.0841. The van der Waals surface area contributed by atoms with Crippen LogP contribution in [0.15, 0.2) is 24.3 Å². The van der Waals surface area contributed by atoms with E-state index in [1.807, 2.05) is 0 Å². The average molecular weight is 428 g/mol. The lowest BCUT2D eigenvalue weighted by Gasteiger charge is -2.22. The van der Waals surface area contributed by atoms with E-state index in [1.54, 1.807) is 0 Å². The molecule has 29 heavy (non-hydrogen) atoms. The molecule has 8 N–H and O–H groups in total. The lowest BCUT2D eigenvalue weighted by molar-refractivity contribution is -0.142. The van der Waals surface area contributed by atoms with Gasteiger partial charge in [0.1, 0.15) is 23.9 Å². The SMILES string of the molecule is NCC(=O)NC(CS)C(=O)NC(CO)C(=O)NC(Cc1ccc(O)cc1)C(=O)O. The number of aromatic hydroxyl groups is 1. The van der Waals surface area contributed by atoms with Crippen LogP contribution in [0.4, 0.5) is 0 Å². The molecule has 1 rings (SSSR count). The number of aliphatic hydroxyl groups excluding tert-OH is 1. The number of nitrogens with one attached hydrogen (secondary N) is 3. The van der Waals surface area contributed by atoms with Gasteiger partial charge in [0.25, 0.3) is 0 Å². The Kier molecular flexibility index (Phi) is 9.92. The van der Waals surface area contributed by atoms with Crippen LogP contribution < -0.4 is 21.7 Å². The molecule has 0 aliphatic carbocycles. The van der Waals surface area contributed by atoms with Crippen molar-refractivity contribution in [3.63, 3.8) is 0 Å². The van der Waals surface area contributed by atoms with Crippen molar-refractivity contribution in [3.8, 4) is 5.75 Å². The Morgan fingerprint density at radius 2 is 1.52 bits per heavy atom. The molecule has 0 aromatic heterocycles. The minimum atomic E-state index is -1.44. The largest absolute Gasteiger partial charge is 0.508 e. The summed E-state index contributed by atoms with van der Waals surface area (Å²) in [5.74, 6) is -3.72. The molecule has 1 aromatic rings. The number of hydrogen-bond donors (Lipinski definition) is 8. The van der Waals surface area contributed by atoms with Gasteiger partial charge in [0, 0.05) is 12.2 Å². The van der Waals surface area contributed by atoms with Crippen molar-refractivity contribution in [1.82, 2.24) is 16.0 Å². The molecule has 12 heteroatoms. The fourth-order valence-electron chi connectivity index (χ4n) is 2.25. The van der Waals surface area contributed by atoms with Gasteiger partial charge in [-0.1, -0.05) is 12.1 Å². The number of carboxylic acids is 1. The number of benzene rings is 1. The smallest absolute Gasteiger partial charge is 0.326 e. The van der Waals surface area contributed by atoms with Crippen molar-refractivity contribution < 1.29 is 34.5 Å². The van der Waals surface area contributed by atoms with Crippen LogP contribution in [-0.4, -0.2) is 76.0 Å². The predicted octanol–water partition coefficient (Wildman–Crippen LogP) is -2.65. The lowest BCUT2D eigenvalue weighted by atomic mass is 10.1. The van der Waals surface area contributed by atoms with E-state index >= 15 is 0 Å². The van der Waals surface area contributed by atoms with Gasteiger partial charge in [-0.3, -0.25) is 14.4 Å². The molecule has 0 heterocycles. The van der Waals surface area contributed by atoms with Crippen molar-refractivity contribution in [1.29, 1.82) is 0 Å². The molecule has 3 unspecified atom stereocenters. The van der Waals surface area contributed by atoms with Crippen LogP contribution in [0.3, 0.4) is 0 Å². The molecule has 0 radical (unpaired) electrons. The molecular weight excluding hydrogens is 404 g/mol. The maximum atomic E-state index is 12.3. The zero-order chi connectivity index (χ0) is 22.0. The fraction of sp³-hybridized carbons (Fsp3) is 0.412. The van der Waals surface area contributed by atoms with E-state index in [2.05, 4.69) is 28.6 Å². The molecule has 160 valence electrons. The third-order valence-corrected chi connectivity index (χ3v) is 4.19. The Labute approximate surface area is 172 Å². The summed E-state index contributed by atoms with van der Waals surface area (Å²) in [4.78, 5) is 47.3. The Bertz CT molecular complexity index is 729. The third-order valence-electron chi connectivity index (χ3n) is 3.83. The number of aliphatic hydroxyl groups is 1. The van der Waals surface area contributed by atoms with Gasteiger partial charge in [0.15, 0.2) is 0 Å². The minimum Gasteiger partial charge on any atom is -0.508 e. The Morgan fingerprint density at radius 3 is 2.00 bits per heavy atom. The Hall–Kier alpha value is -2.83. The van der Waals surface area contributed by atoms with Gasteiger partial charge in [-0.15, -0.1) is 0 Å². The molecule has 0 aliphatic heterocycles. The fourth-order valence-corrected chi connectivity index (χ4v) is 2.51. The molecule has 0 aliphatic rings. The summed E-state index contributed by atoms with van der Waals surface area (Å²) in [5.41, 5.74) is 5.70. The first kappa shape index (κ1) is 24.2. The van der Waals surface area contributed by atoms with Gasteiger partial charge in [-0.2, -0.15) is 12.6 Å². The van der Waals surface area contributed by atoms with Crippen LogP contribution in [0, 0.1) is 0 Å². The van der Waals surface area contributed by atoms with Gasteiger partial charge in [0.2, 0.25) is 17.7 Å². The van der Waals surface area contributed by atoms with Crippen LogP contribution in [0.2, 0.25) is 0 Å². The van der Waals surface area contributed by atoms with Gasteiger partial charge in [-0.25, -0.2) is 4.79 Å². The van der Waals surface area contributed by atoms with Crippen LogP contribution >= 0.6 is 12.6 Å². The first-order chi connectivity index (χ1) is 13.7. The zero-order valence-corrected chi connectivity index (χ0v) is 16.3. The number of phenolic OH excluding ortho intramolecular Hbond substituents is 1. The van der Waals surface area contributed by atoms with Crippen molar-refractivity contribution in [2.75, 3.05) is 18.9 Å². The van der Waals surface area contributed by atoms with E-state index in [9.17, 15) is 34.5 Å². The van der Waals surface area contributed by atoms with E-state index in [-0.39, 0.29) is 24.5 Å². The summed E-state index contributed by atoms with van der Waals surface area (Å²) in [6.45, 7) is -1.15. The second-order valence-electron chi connectivity index (χ2n) is 6.02. The number of nitrogens with two attached hydrogens (primary N) is 1. The number of carboxylic acid groups (broad SMARTS) is 1. The van der Waals surface area contributed by atoms with Gasteiger partial charge in [0.05, 0.1) is 13.2 Å². The summed E-state index contributed by atoms with van der Waals surface area (Å²) in [6, 6.07) is 1.88. The van der Waals surface area contributed by atoms with Crippen molar-refractivity contribution in [2.24, 2.45) is 5.73 Å². The summed E-state index contributed by atoms with van der Waals surface area (Å²) >= 11 is 3.94. The molecule has 11 nitrogen and oxygen atoms in total. The van der Waals surface area contributed by atoms with Crippen LogP contribution in [0.1, 0.15) is 5.56 Å². The Morgan fingerprint density at radius 1 is 0.966 bits per heavy atom. The number of thiol groups is 1. The minimum absolute atomic E-state index is 0.00758. The lowest BCUT2D eigenvalue weighted by Crippen LogP contribution is -2.58. The quantitative estimate of drug-likeness (QED) is 0.175. The highest BCUT2D eigenvalue weighted by molar-refractivity contribution is 7.80. The van der Waals surface area contributed by atoms with E-state index < -0.39 is 48.4 Å². The van der Waals surface area contributed by atoms with Crippen molar-refractivity contribution in [3.05, 3.63) is 29.8 Å². The topological polar surface area (TPSA) is 191 Å². The number of carbonyl (C=O) groups is 4. The van der Waals surface area contributed by atoms with Crippen LogP contribution in [0.5, 0.6) is 5.75 Å². The number of rotatable bonds is 11. The number of hydrogen-bond acceptors (Lipinski definition) is 8. The van der Waals surface area contributed by atoms with Crippen molar-refractivity contribution in [2.45, 2.75) is 24.5 Å². The monoisotopic (exact) mass is 428 g/mol. The third kappa shape index (κ3) is 7.97. The molecule has 1 aromatic carbocycles. The summed E-state index contributed by atoms with van der Waals surface area (Å²) in [7, 11) is 0. The number of phenols is 1. The summed E-state index contributed by atoms with van der Waals surface area (Å²) < 4.78 is 0. The van der Waals surface area contributed by atoms with Gasteiger partial charge in [-0.05, 0) is 17.7 Å². The van der Waals surface area contributed by atoms with Crippen LogP contribution in [0.25, 0.3) is 0 Å². The Balaban J connectivity index is 2.77. The van der Waals surface area contributed by atoms with Gasteiger partial charge < -0.3 is 37.0 Å². The highest BCUT2D eigenvalue weighted by atomic mass is 32.1. The maximum absolute atomic E-state index is 12.3. The maximum Gasteiger partial charge on any atom is 0.326 e. The molecule has 3 amide bonds. The molecular formula is C17H24N4O7S. The standard InChI is InChI=1S/C17H24N4O7S/c18-6-14(24)19-13(8-29)16(26)21-12(7-22)15(25)20-11(17(27)28)5-9-1-3-10(23)4-2-9/h1-4,11-13,22-23,29H,5-8,18H2,(H,19,24)(H,20,25)(H,21,26)(H,27,28). The normalized spacial score (nSPS) is 13.6. The number of amides is 3.